The molecule has 3 heterocycles. The van der Waals surface area contributed by atoms with Gasteiger partial charge in [0, 0.05) is 39.5 Å². The van der Waals surface area contributed by atoms with Crippen molar-refractivity contribution in [3.63, 3.8) is 0 Å². The van der Waals surface area contributed by atoms with Gasteiger partial charge in [-0.05, 0) is 25.7 Å². The number of hydrogen-bond donors (Lipinski definition) is 1. The van der Waals surface area contributed by atoms with Crippen molar-refractivity contribution in [1.82, 2.24) is 14.9 Å². The van der Waals surface area contributed by atoms with Gasteiger partial charge in [-0.1, -0.05) is 0 Å². The van der Waals surface area contributed by atoms with E-state index in [0.29, 0.717) is 6.04 Å². The number of rotatable bonds is 4. The van der Waals surface area contributed by atoms with Gasteiger partial charge < -0.3 is 19.5 Å². The summed E-state index contributed by atoms with van der Waals surface area (Å²) in [5, 5.41) is 3.49. The minimum absolute atomic E-state index is 0.333. The van der Waals surface area contributed by atoms with E-state index in [-0.39, 0.29) is 0 Å². The first-order chi connectivity index (χ1) is 9.19. The van der Waals surface area contributed by atoms with Crippen LogP contribution in [0.15, 0.2) is 6.20 Å². The van der Waals surface area contributed by atoms with E-state index in [0.717, 1.165) is 56.3 Å². The zero-order valence-electron chi connectivity index (χ0n) is 12.1. The lowest BCUT2D eigenvalue weighted by Crippen LogP contribution is -2.29. The molecule has 0 saturated carbocycles. The highest BCUT2D eigenvalue weighted by Gasteiger charge is 2.37. The molecule has 0 radical (unpaired) electrons. The van der Waals surface area contributed by atoms with E-state index in [2.05, 4.69) is 34.8 Å². The van der Waals surface area contributed by atoms with Crippen molar-refractivity contribution in [3.8, 4) is 0 Å². The van der Waals surface area contributed by atoms with Gasteiger partial charge in [-0.15, -0.1) is 0 Å². The lowest BCUT2D eigenvalue weighted by molar-refractivity contribution is 0.162. The third kappa shape index (κ3) is 2.37. The lowest BCUT2D eigenvalue weighted by atomic mass is 10.0. The number of ether oxygens (including phenoxy) is 1. The summed E-state index contributed by atoms with van der Waals surface area (Å²) in [6.45, 7) is 9.57. The third-order valence-electron chi connectivity index (χ3n) is 4.39. The quantitative estimate of drug-likeness (QED) is 0.883. The Morgan fingerprint density at radius 1 is 1.42 bits per heavy atom. The van der Waals surface area contributed by atoms with Crippen LogP contribution in [0, 0.1) is 18.8 Å². The lowest BCUT2D eigenvalue weighted by Gasteiger charge is -2.23. The molecule has 19 heavy (non-hydrogen) atoms. The van der Waals surface area contributed by atoms with Gasteiger partial charge in [0.25, 0.3) is 0 Å². The van der Waals surface area contributed by atoms with Crippen LogP contribution in [0.3, 0.4) is 0 Å². The van der Waals surface area contributed by atoms with Crippen LogP contribution in [0.2, 0.25) is 0 Å². The molecule has 5 nitrogen and oxygen atoms in total. The number of hydrogen-bond acceptors (Lipinski definition) is 4. The maximum absolute atomic E-state index is 5.28. The van der Waals surface area contributed by atoms with Gasteiger partial charge in [0.15, 0.2) is 0 Å². The Morgan fingerprint density at radius 2 is 2.11 bits per heavy atom. The number of aryl methyl sites for hydroxylation is 1. The minimum Gasteiger partial charge on any atom is -0.383 e. The summed E-state index contributed by atoms with van der Waals surface area (Å²) in [5.74, 6) is 2.71. The van der Waals surface area contributed by atoms with Gasteiger partial charge in [-0.25, -0.2) is 4.98 Å². The second-order valence-corrected chi connectivity index (χ2v) is 5.98. The van der Waals surface area contributed by atoms with Crippen LogP contribution in [0.25, 0.3) is 0 Å². The van der Waals surface area contributed by atoms with Gasteiger partial charge in [0.1, 0.15) is 0 Å². The van der Waals surface area contributed by atoms with E-state index in [1.807, 2.05) is 0 Å². The minimum atomic E-state index is 0.333. The number of imidazole rings is 1. The molecule has 1 aromatic rings. The van der Waals surface area contributed by atoms with E-state index in [1.165, 1.54) is 0 Å². The number of anilines is 1. The predicted octanol–water partition coefficient (Wildman–Crippen LogP) is 1.05. The fourth-order valence-corrected chi connectivity index (χ4v) is 3.40. The Kier molecular flexibility index (Phi) is 3.50. The Hall–Kier alpha value is -1.07. The fraction of sp³-hybridized carbons (Fsp3) is 0.786. The molecular formula is C14H24N4O. The summed E-state index contributed by atoms with van der Waals surface area (Å²) in [6, 6.07) is 0.333. The predicted molar refractivity (Wildman–Crippen MR) is 75.6 cm³/mol. The highest BCUT2D eigenvalue weighted by Crippen LogP contribution is 2.31. The van der Waals surface area contributed by atoms with Crippen LogP contribution >= 0.6 is 0 Å². The van der Waals surface area contributed by atoms with Crippen LogP contribution in [0.5, 0.6) is 0 Å². The largest absolute Gasteiger partial charge is 0.383 e. The smallest absolute Gasteiger partial charge is 0.206 e. The number of nitrogens with zero attached hydrogens (tertiary/aromatic N) is 3. The van der Waals surface area contributed by atoms with Crippen molar-refractivity contribution in [3.05, 3.63) is 11.9 Å². The second-order valence-electron chi connectivity index (χ2n) is 5.98. The van der Waals surface area contributed by atoms with Crippen molar-refractivity contribution in [2.75, 3.05) is 44.8 Å². The molecule has 2 fully saturated rings. The van der Waals surface area contributed by atoms with Crippen LogP contribution in [-0.4, -0.2) is 49.4 Å². The molecule has 2 aliphatic rings. The molecule has 0 spiro atoms. The zero-order valence-corrected chi connectivity index (χ0v) is 12.1. The van der Waals surface area contributed by atoms with Gasteiger partial charge in [-0.2, -0.15) is 0 Å². The van der Waals surface area contributed by atoms with Gasteiger partial charge in [0.2, 0.25) is 5.95 Å². The summed E-state index contributed by atoms with van der Waals surface area (Å²) >= 11 is 0. The first-order valence-corrected chi connectivity index (χ1v) is 7.19. The van der Waals surface area contributed by atoms with Crippen molar-refractivity contribution >= 4 is 5.95 Å². The first kappa shape index (κ1) is 12.9. The summed E-state index contributed by atoms with van der Waals surface area (Å²) < 4.78 is 7.55. The van der Waals surface area contributed by atoms with Crippen molar-refractivity contribution < 1.29 is 4.74 Å². The normalized spacial score (nSPS) is 27.8. The molecular weight excluding hydrogens is 240 g/mol. The van der Waals surface area contributed by atoms with E-state index >= 15 is 0 Å². The van der Waals surface area contributed by atoms with E-state index in [1.54, 1.807) is 7.11 Å². The number of fused-ring (bicyclic) bond motifs is 1. The van der Waals surface area contributed by atoms with E-state index in [9.17, 15) is 0 Å². The van der Waals surface area contributed by atoms with Crippen LogP contribution in [0.1, 0.15) is 18.7 Å². The molecule has 0 amide bonds. The van der Waals surface area contributed by atoms with Crippen molar-refractivity contribution in [2.45, 2.75) is 19.9 Å². The molecule has 0 aromatic carbocycles. The molecule has 106 valence electrons. The topological polar surface area (TPSA) is 42.3 Å². The van der Waals surface area contributed by atoms with E-state index in [4.69, 9.17) is 9.72 Å². The number of nitrogens with one attached hydrogen (secondary N) is 1. The number of aromatic nitrogens is 2. The SMILES string of the molecule is COCC(C)n1cc(C)nc1N1C[C@H]2CNC[C@H]2C1. The average molecular weight is 264 g/mol. The fourth-order valence-electron chi connectivity index (χ4n) is 3.40. The Morgan fingerprint density at radius 3 is 2.74 bits per heavy atom. The maximum atomic E-state index is 5.28. The standard InChI is InChI=1S/C14H24N4O/c1-10-6-18(11(2)9-19-3)14(16-10)17-7-12-4-15-5-13(12)8-17/h6,11-13,15H,4-5,7-9H2,1-3H3/t11?,12-,13+. The van der Waals surface area contributed by atoms with Gasteiger partial charge in [0.05, 0.1) is 18.3 Å². The Labute approximate surface area is 114 Å². The summed E-state index contributed by atoms with van der Waals surface area (Å²) in [5.41, 5.74) is 1.09. The summed E-state index contributed by atoms with van der Waals surface area (Å²) in [4.78, 5) is 7.19. The van der Waals surface area contributed by atoms with Gasteiger partial charge >= 0.3 is 0 Å². The molecule has 0 aliphatic carbocycles. The van der Waals surface area contributed by atoms with Crippen LogP contribution in [-0.2, 0) is 4.74 Å². The van der Waals surface area contributed by atoms with Gasteiger partial charge in [-0.3, -0.25) is 0 Å². The van der Waals surface area contributed by atoms with Crippen LogP contribution in [0.4, 0.5) is 5.95 Å². The molecule has 1 unspecified atom stereocenters. The molecule has 5 heteroatoms. The first-order valence-electron chi connectivity index (χ1n) is 7.19. The monoisotopic (exact) mass is 264 g/mol. The summed E-state index contributed by atoms with van der Waals surface area (Å²) in [7, 11) is 1.76. The van der Waals surface area contributed by atoms with Crippen molar-refractivity contribution in [1.29, 1.82) is 0 Å². The molecule has 1 N–H and O–H groups in total. The summed E-state index contributed by atoms with van der Waals surface area (Å²) in [6.07, 6.45) is 2.14. The molecule has 2 aliphatic heterocycles. The zero-order chi connectivity index (χ0) is 13.4. The second kappa shape index (κ2) is 5.13. The molecule has 2 saturated heterocycles. The highest BCUT2D eigenvalue weighted by molar-refractivity contribution is 5.36. The molecule has 0 bridgehead atoms. The Bertz CT molecular complexity index is 433. The van der Waals surface area contributed by atoms with E-state index < -0.39 is 0 Å². The van der Waals surface area contributed by atoms with Crippen molar-refractivity contribution in [2.24, 2.45) is 11.8 Å². The Balaban J connectivity index is 1.80. The number of methoxy groups -OCH3 is 1. The molecule has 3 rings (SSSR count). The maximum Gasteiger partial charge on any atom is 0.206 e. The highest BCUT2D eigenvalue weighted by atomic mass is 16.5. The van der Waals surface area contributed by atoms with Crippen LogP contribution < -0.4 is 10.2 Å². The molecule has 3 atom stereocenters. The molecule has 1 aromatic heterocycles. The average Bonchev–Trinajstić information content (AvgIpc) is 3.01. The third-order valence-corrected chi connectivity index (χ3v) is 4.39.